The van der Waals surface area contributed by atoms with Crippen LogP contribution in [0.2, 0.25) is 0 Å². The van der Waals surface area contributed by atoms with Crippen LogP contribution in [0, 0.1) is 0 Å². The SMILES string of the molecule is CC(=O)N1CCN(CC(C)(C)NC(=O)O)CC1. The molecule has 1 saturated heterocycles. The molecule has 6 heteroatoms. The second-order valence-corrected chi connectivity index (χ2v) is 5.10. The molecule has 0 saturated carbocycles. The summed E-state index contributed by atoms with van der Waals surface area (Å²) in [6.07, 6.45) is -1.00. The molecule has 0 unspecified atom stereocenters. The van der Waals surface area contributed by atoms with E-state index in [0.29, 0.717) is 6.54 Å². The molecule has 0 atom stereocenters. The molecule has 1 aliphatic rings. The average molecular weight is 243 g/mol. The van der Waals surface area contributed by atoms with Crippen LogP contribution in [0.4, 0.5) is 4.79 Å². The van der Waals surface area contributed by atoms with Crippen molar-refractivity contribution in [3.63, 3.8) is 0 Å². The van der Waals surface area contributed by atoms with E-state index in [-0.39, 0.29) is 5.91 Å². The van der Waals surface area contributed by atoms with Crippen molar-refractivity contribution < 1.29 is 14.7 Å². The number of nitrogens with one attached hydrogen (secondary N) is 1. The molecule has 98 valence electrons. The molecule has 0 aromatic carbocycles. The number of hydrogen-bond donors (Lipinski definition) is 2. The summed E-state index contributed by atoms with van der Waals surface area (Å²) in [7, 11) is 0. The number of carbonyl (C=O) groups is 2. The highest BCUT2D eigenvalue weighted by molar-refractivity contribution is 5.73. The lowest BCUT2D eigenvalue weighted by atomic mass is 10.0. The van der Waals surface area contributed by atoms with Gasteiger partial charge in [-0.05, 0) is 13.8 Å². The van der Waals surface area contributed by atoms with Crippen molar-refractivity contribution in [3.8, 4) is 0 Å². The number of carbonyl (C=O) groups excluding carboxylic acids is 1. The molecule has 1 aliphatic heterocycles. The van der Waals surface area contributed by atoms with E-state index in [2.05, 4.69) is 10.2 Å². The zero-order valence-electron chi connectivity index (χ0n) is 10.7. The highest BCUT2D eigenvalue weighted by Gasteiger charge is 2.26. The maximum Gasteiger partial charge on any atom is 0.405 e. The van der Waals surface area contributed by atoms with Crippen molar-refractivity contribution in [2.75, 3.05) is 32.7 Å². The molecule has 6 nitrogen and oxygen atoms in total. The average Bonchev–Trinajstić information content (AvgIpc) is 2.15. The normalized spacial score (nSPS) is 17.9. The van der Waals surface area contributed by atoms with Gasteiger partial charge in [0, 0.05) is 39.6 Å². The van der Waals surface area contributed by atoms with Gasteiger partial charge in [0.05, 0.1) is 5.54 Å². The summed E-state index contributed by atoms with van der Waals surface area (Å²) < 4.78 is 0. The molecule has 0 bridgehead atoms. The molecule has 2 N–H and O–H groups in total. The number of carboxylic acid groups (broad SMARTS) is 1. The molecule has 2 amide bonds. The fraction of sp³-hybridized carbons (Fsp3) is 0.818. The largest absolute Gasteiger partial charge is 0.465 e. The molecule has 1 heterocycles. The maximum atomic E-state index is 11.2. The van der Waals surface area contributed by atoms with E-state index in [1.807, 2.05) is 18.7 Å². The highest BCUT2D eigenvalue weighted by Crippen LogP contribution is 2.09. The van der Waals surface area contributed by atoms with Crippen molar-refractivity contribution >= 4 is 12.0 Å². The molecule has 0 aromatic rings. The molecular formula is C11H21N3O3. The Morgan fingerprint density at radius 2 is 1.76 bits per heavy atom. The summed E-state index contributed by atoms with van der Waals surface area (Å²) in [6.45, 7) is 8.99. The molecule has 0 aliphatic carbocycles. The van der Waals surface area contributed by atoms with Crippen LogP contribution in [-0.2, 0) is 4.79 Å². The second-order valence-electron chi connectivity index (χ2n) is 5.10. The first-order chi connectivity index (χ1) is 7.80. The monoisotopic (exact) mass is 243 g/mol. The Labute approximate surface area is 102 Å². The lowest BCUT2D eigenvalue weighted by Gasteiger charge is -2.38. The van der Waals surface area contributed by atoms with E-state index in [9.17, 15) is 9.59 Å². The first-order valence-electron chi connectivity index (χ1n) is 5.79. The van der Waals surface area contributed by atoms with E-state index >= 15 is 0 Å². The van der Waals surface area contributed by atoms with Crippen LogP contribution < -0.4 is 5.32 Å². The molecule has 1 fully saturated rings. The molecule has 17 heavy (non-hydrogen) atoms. The van der Waals surface area contributed by atoms with Gasteiger partial charge >= 0.3 is 6.09 Å². The maximum absolute atomic E-state index is 11.2. The Bertz CT molecular complexity index is 296. The Hall–Kier alpha value is -1.30. The van der Waals surface area contributed by atoms with E-state index in [0.717, 1.165) is 26.2 Å². The van der Waals surface area contributed by atoms with E-state index in [4.69, 9.17) is 5.11 Å². The van der Waals surface area contributed by atoms with Crippen LogP contribution in [0.5, 0.6) is 0 Å². The van der Waals surface area contributed by atoms with Gasteiger partial charge in [-0.15, -0.1) is 0 Å². The minimum Gasteiger partial charge on any atom is -0.465 e. The molecular weight excluding hydrogens is 222 g/mol. The van der Waals surface area contributed by atoms with Crippen LogP contribution in [0.1, 0.15) is 20.8 Å². The van der Waals surface area contributed by atoms with E-state index < -0.39 is 11.6 Å². The first-order valence-corrected chi connectivity index (χ1v) is 5.79. The van der Waals surface area contributed by atoms with Crippen LogP contribution >= 0.6 is 0 Å². The van der Waals surface area contributed by atoms with Crippen molar-refractivity contribution in [2.45, 2.75) is 26.3 Å². The van der Waals surface area contributed by atoms with Crippen LogP contribution in [0.15, 0.2) is 0 Å². The predicted molar refractivity (Wildman–Crippen MR) is 63.9 cm³/mol. The number of amides is 2. The molecule has 0 aromatic heterocycles. The zero-order valence-corrected chi connectivity index (χ0v) is 10.7. The summed E-state index contributed by atoms with van der Waals surface area (Å²) in [6, 6.07) is 0. The Kier molecular flexibility index (Phi) is 4.34. The van der Waals surface area contributed by atoms with Crippen LogP contribution in [0.25, 0.3) is 0 Å². The third kappa shape index (κ3) is 4.60. The minimum absolute atomic E-state index is 0.104. The summed E-state index contributed by atoms with van der Waals surface area (Å²) in [4.78, 5) is 25.8. The van der Waals surface area contributed by atoms with Gasteiger partial charge < -0.3 is 15.3 Å². The number of hydrogen-bond acceptors (Lipinski definition) is 3. The zero-order chi connectivity index (χ0) is 13.1. The predicted octanol–water partition coefficient (Wildman–Crippen LogP) is 0.197. The third-order valence-corrected chi connectivity index (χ3v) is 2.88. The summed E-state index contributed by atoms with van der Waals surface area (Å²) in [5.74, 6) is 0.104. The van der Waals surface area contributed by atoms with Crippen LogP contribution in [0.3, 0.4) is 0 Å². The second kappa shape index (κ2) is 5.35. The van der Waals surface area contributed by atoms with Crippen molar-refractivity contribution in [3.05, 3.63) is 0 Å². The quantitative estimate of drug-likeness (QED) is 0.742. The fourth-order valence-electron chi connectivity index (χ4n) is 2.11. The van der Waals surface area contributed by atoms with E-state index in [1.165, 1.54) is 0 Å². The standard InChI is InChI=1S/C11H21N3O3/c1-9(15)14-6-4-13(5-7-14)8-11(2,3)12-10(16)17/h12H,4-8H2,1-3H3,(H,16,17). The number of piperazine rings is 1. The lowest BCUT2D eigenvalue weighted by Crippen LogP contribution is -2.56. The van der Waals surface area contributed by atoms with Gasteiger partial charge in [0.15, 0.2) is 0 Å². The van der Waals surface area contributed by atoms with Crippen molar-refractivity contribution in [2.24, 2.45) is 0 Å². The van der Waals surface area contributed by atoms with Gasteiger partial charge in [0.2, 0.25) is 5.91 Å². The van der Waals surface area contributed by atoms with Gasteiger partial charge in [-0.25, -0.2) is 4.79 Å². The van der Waals surface area contributed by atoms with E-state index in [1.54, 1.807) is 6.92 Å². The Morgan fingerprint density at radius 3 is 2.18 bits per heavy atom. The summed E-state index contributed by atoms with van der Waals surface area (Å²) in [5, 5.41) is 11.2. The molecule has 1 rings (SSSR count). The Balaban J connectivity index is 2.39. The van der Waals surface area contributed by atoms with Crippen molar-refractivity contribution in [1.82, 2.24) is 15.1 Å². The third-order valence-electron chi connectivity index (χ3n) is 2.88. The topological polar surface area (TPSA) is 72.9 Å². The molecule has 0 spiro atoms. The van der Waals surface area contributed by atoms with Gasteiger partial charge in [-0.3, -0.25) is 9.69 Å². The van der Waals surface area contributed by atoms with Crippen molar-refractivity contribution in [1.29, 1.82) is 0 Å². The first kappa shape index (κ1) is 13.8. The highest BCUT2D eigenvalue weighted by atomic mass is 16.4. The lowest BCUT2D eigenvalue weighted by molar-refractivity contribution is -0.130. The smallest absolute Gasteiger partial charge is 0.405 e. The summed E-state index contributed by atoms with van der Waals surface area (Å²) in [5.41, 5.74) is -0.468. The number of nitrogens with zero attached hydrogens (tertiary/aromatic N) is 2. The van der Waals surface area contributed by atoms with Gasteiger partial charge in [0.25, 0.3) is 0 Å². The number of rotatable bonds is 3. The Morgan fingerprint density at radius 1 is 1.24 bits per heavy atom. The van der Waals surface area contributed by atoms with Crippen LogP contribution in [-0.4, -0.2) is 65.2 Å². The molecule has 0 radical (unpaired) electrons. The van der Waals surface area contributed by atoms with Gasteiger partial charge in [0.1, 0.15) is 0 Å². The van der Waals surface area contributed by atoms with Gasteiger partial charge in [-0.1, -0.05) is 0 Å². The van der Waals surface area contributed by atoms with Gasteiger partial charge in [-0.2, -0.15) is 0 Å². The summed E-state index contributed by atoms with van der Waals surface area (Å²) >= 11 is 0. The fourth-order valence-corrected chi connectivity index (χ4v) is 2.11. The minimum atomic E-state index is -1.00.